The molecule has 0 bridgehead atoms. The molecule has 17 heavy (non-hydrogen) atoms. The van der Waals surface area contributed by atoms with Gasteiger partial charge in [-0.3, -0.25) is 0 Å². The van der Waals surface area contributed by atoms with Crippen LogP contribution in [0.4, 0.5) is 0 Å². The average molecular weight is 238 g/mol. The first-order valence-electron chi connectivity index (χ1n) is 7.66. The second-order valence-corrected chi connectivity index (χ2v) is 6.36. The summed E-state index contributed by atoms with van der Waals surface area (Å²) in [4.78, 5) is 2.73. The quantitative estimate of drug-likeness (QED) is 0.810. The molecule has 100 valence electrons. The van der Waals surface area contributed by atoms with Crippen molar-refractivity contribution in [2.75, 3.05) is 26.2 Å². The van der Waals surface area contributed by atoms with Crippen LogP contribution >= 0.6 is 0 Å². The maximum atomic E-state index is 3.63. The van der Waals surface area contributed by atoms with E-state index in [9.17, 15) is 0 Å². The van der Waals surface area contributed by atoms with Crippen molar-refractivity contribution in [3.8, 4) is 0 Å². The first kappa shape index (κ1) is 13.4. The molecule has 0 amide bonds. The molecule has 0 spiro atoms. The topological polar surface area (TPSA) is 15.3 Å². The van der Waals surface area contributed by atoms with Gasteiger partial charge in [0.1, 0.15) is 0 Å². The number of hydrogen-bond acceptors (Lipinski definition) is 2. The Labute approximate surface area is 107 Å². The lowest BCUT2D eigenvalue weighted by Gasteiger charge is -2.39. The van der Waals surface area contributed by atoms with Crippen molar-refractivity contribution >= 4 is 0 Å². The van der Waals surface area contributed by atoms with E-state index in [1.807, 2.05) is 0 Å². The van der Waals surface area contributed by atoms with Crippen LogP contribution < -0.4 is 5.32 Å². The Kier molecular flexibility index (Phi) is 4.87. The van der Waals surface area contributed by atoms with Gasteiger partial charge in [-0.25, -0.2) is 0 Å². The summed E-state index contributed by atoms with van der Waals surface area (Å²) in [5.74, 6) is 2.77. The minimum absolute atomic E-state index is 0.761. The molecular formula is C15H30N2. The monoisotopic (exact) mass is 238 g/mol. The van der Waals surface area contributed by atoms with Crippen LogP contribution in [0.25, 0.3) is 0 Å². The summed E-state index contributed by atoms with van der Waals surface area (Å²) in [6, 6.07) is 0.761. The molecule has 2 fully saturated rings. The molecule has 1 saturated heterocycles. The predicted molar refractivity (Wildman–Crippen MR) is 74.2 cm³/mol. The highest BCUT2D eigenvalue weighted by atomic mass is 15.1. The fraction of sp³-hybridized carbons (Fsp3) is 1.00. The highest BCUT2D eigenvalue weighted by Crippen LogP contribution is 2.32. The summed E-state index contributed by atoms with van der Waals surface area (Å²) < 4.78 is 0. The van der Waals surface area contributed by atoms with Crippen LogP contribution in [0.3, 0.4) is 0 Å². The molecule has 0 aromatic rings. The molecule has 2 heteroatoms. The standard InChI is InChI=1S/C15H30N2/c1-4-16-15-8-9-17(10-13(15)3)11-14-7-5-6-12(14)2/h12-16H,4-11H2,1-3H3. The Morgan fingerprint density at radius 2 is 1.94 bits per heavy atom. The zero-order valence-corrected chi connectivity index (χ0v) is 11.9. The molecule has 1 heterocycles. The van der Waals surface area contributed by atoms with Gasteiger partial charge in [-0.1, -0.05) is 33.6 Å². The van der Waals surface area contributed by atoms with Gasteiger partial charge in [0.2, 0.25) is 0 Å². The second kappa shape index (κ2) is 6.19. The van der Waals surface area contributed by atoms with E-state index in [4.69, 9.17) is 0 Å². The number of likely N-dealkylation sites (tertiary alicyclic amines) is 1. The van der Waals surface area contributed by atoms with Crippen LogP contribution in [0.1, 0.15) is 46.5 Å². The van der Waals surface area contributed by atoms with Gasteiger partial charge in [-0.15, -0.1) is 0 Å². The molecular weight excluding hydrogens is 208 g/mol. The Bertz CT molecular complexity index is 229. The Morgan fingerprint density at radius 3 is 2.53 bits per heavy atom. The predicted octanol–water partition coefficient (Wildman–Crippen LogP) is 2.74. The summed E-state index contributed by atoms with van der Waals surface area (Å²) in [7, 11) is 0. The molecule has 4 atom stereocenters. The maximum Gasteiger partial charge on any atom is 0.0117 e. The van der Waals surface area contributed by atoms with Crippen LogP contribution in [-0.2, 0) is 0 Å². The van der Waals surface area contributed by atoms with E-state index >= 15 is 0 Å². The maximum absolute atomic E-state index is 3.63. The molecule has 2 aliphatic rings. The van der Waals surface area contributed by atoms with Gasteiger partial charge in [0.25, 0.3) is 0 Å². The van der Waals surface area contributed by atoms with E-state index < -0.39 is 0 Å². The van der Waals surface area contributed by atoms with Gasteiger partial charge in [-0.05, 0) is 43.7 Å². The number of piperidine rings is 1. The van der Waals surface area contributed by atoms with Crippen molar-refractivity contribution in [1.29, 1.82) is 0 Å². The molecule has 0 radical (unpaired) electrons. The largest absolute Gasteiger partial charge is 0.314 e. The minimum atomic E-state index is 0.761. The van der Waals surface area contributed by atoms with Crippen LogP contribution in [0, 0.1) is 17.8 Å². The Balaban J connectivity index is 1.77. The number of hydrogen-bond donors (Lipinski definition) is 1. The summed E-state index contributed by atoms with van der Waals surface area (Å²) in [5, 5.41) is 3.63. The SMILES string of the molecule is CCNC1CCN(CC2CCCC2C)CC1C. The summed E-state index contributed by atoms with van der Waals surface area (Å²) in [6.45, 7) is 12.2. The first-order chi connectivity index (χ1) is 8.20. The fourth-order valence-electron chi connectivity index (χ4n) is 3.79. The molecule has 0 aromatic heterocycles. The average Bonchev–Trinajstić information content (AvgIpc) is 2.69. The minimum Gasteiger partial charge on any atom is -0.314 e. The zero-order valence-electron chi connectivity index (χ0n) is 11.9. The molecule has 0 aromatic carbocycles. The number of nitrogens with zero attached hydrogens (tertiary/aromatic N) is 1. The van der Waals surface area contributed by atoms with Crippen LogP contribution in [0.5, 0.6) is 0 Å². The van der Waals surface area contributed by atoms with E-state index in [0.29, 0.717) is 0 Å². The third-order valence-electron chi connectivity index (χ3n) is 4.99. The van der Waals surface area contributed by atoms with Gasteiger partial charge in [0, 0.05) is 19.1 Å². The molecule has 2 nitrogen and oxygen atoms in total. The lowest BCUT2D eigenvalue weighted by molar-refractivity contribution is 0.122. The summed E-state index contributed by atoms with van der Waals surface area (Å²) >= 11 is 0. The van der Waals surface area contributed by atoms with E-state index in [-0.39, 0.29) is 0 Å². The zero-order chi connectivity index (χ0) is 12.3. The van der Waals surface area contributed by atoms with Crippen molar-refractivity contribution in [1.82, 2.24) is 10.2 Å². The van der Waals surface area contributed by atoms with Crippen molar-refractivity contribution in [3.63, 3.8) is 0 Å². The van der Waals surface area contributed by atoms with Gasteiger partial charge in [-0.2, -0.15) is 0 Å². The molecule has 4 unspecified atom stereocenters. The number of nitrogens with one attached hydrogen (secondary N) is 1. The Hall–Kier alpha value is -0.0800. The van der Waals surface area contributed by atoms with Crippen LogP contribution in [0.15, 0.2) is 0 Å². The third kappa shape index (κ3) is 3.45. The van der Waals surface area contributed by atoms with E-state index in [1.165, 1.54) is 45.3 Å². The normalized spacial score (nSPS) is 39.7. The fourth-order valence-corrected chi connectivity index (χ4v) is 3.79. The van der Waals surface area contributed by atoms with Gasteiger partial charge >= 0.3 is 0 Å². The van der Waals surface area contributed by atoms with E-state index in [2.05, 4.69) is 31.0 Å². The van der Waals surface area contributed by atoms with Gasteiger partial charge in [0.15, 0.2) is 0 Å². The van der Waals surface area contributed by atoms with Crippen LogP contribution in [-0.4, -0.2) is 37.1 Å². The third-order valence-corrected chi connectivity index (χ3v) is 4.99. The summed E-state index contributed by atoms with van der Waals surface area (Å²) in [5.41, 5.74) is 0. The van der Waals surface area contributed by atoms with Gasteiger partial charge < -0.3 is 10.2 Å². The van der Waals surface area contributed by atoms with E-state index in [0.717, 1.165) is 30.3 Å². The molecule has 1 N–H and O–H groups in total. The number of rotatable bonds is 4. The van der Waals surface area contributed by atoms with E-state index in [1.54, 1.807) is 0 Å². The van der Waals surface area contributed by atoms with Crippen molar-refractivity contribution < 1.29 is 0 Å². The summed E-state index contributed by atoms with van der Waals surface area (Å²) in [6.07, 6.45) is 5.75. The van der Waals surface area contributed by atoms with Crippen molar-refractivity contribution in [2.24, 2.45) is 17.8 Å². The Morgan fingerprint density at radius 1 is 1.12 bits per heavy atom. The molecule has 1 aliphatic heterocycles. The van der Waals surface area contributed by atoms with Gasteiger partial charge in [0.05, 0.1) is 0 Å². The molecule has 2 rings (SSSR count). The highest BCUT2D eigenvalue weighted by molar-refractivity contribution is 4.85. The smallest absolute Gasteiger partial charge is 0.0117 e. The van der Waals surface area contributed by atoms with Crippen LogP contribution in [0.2, 0.25) is 0 Å². The molecule has 1 aliphatic carbocycles. The second-order valence-electron chi connectivity index (χ2n) is 6.36. The first-order valence-corrected chi connectivity index (χ1v) is 7.66. The lowest BCUT2D eigenvalue weighted by Crippen LogP contribution is -2.49. The molecule has 1 saturated carbocycles. The lowest BCUT2D eigenvalue weighted by atomic mass is 9.91. The highest BCUT2D eigenvalue weighted by Gasteiger charge is 2.29. The van der Waals surface area contributed by atoms with Crippen molar-refractivity contribution in [3.05, 3.63) is 0 Å². The van der Waals surface area contributed by atoms with Crippen molar-refractivity contribution in [2.45, 2.75) is 52.5 Å².